The molecule has 0 fully saturated rings. The van der Waals surface area contributed by atoms with Crippen LogP contribution in [0.4, 0.5) is 0 Å². The van der Waals surface area contributed by atoms with E-state index in [2.05, 4.69) is 45.2 Å². The van der Waals surface area contributed by atoms with Crippen molar-refractivity contribution in [2.45, 2.75) is 13.0 Å². The monoisotopic (exact) mass is 257 g/mol. The molecule has 0 aromatic carbocycles. The van der Waals surface area contributed by atoms with Crippen LogP contribution in [0.2, 0.25) is 0 Å². The first-order valence-corrected chi connectivity index (χ1v) is 5.74. The van der Waals surface area contributed by atoms with E-state index in [4.69, 9.17) is 6.42 Å². The smallest absolute Gasteiger partial charge is 0.0701 e. The number of hydrogen-bond donors (Lipinski definition) is 0. The van der Waals surface area contributed by atoms with Crippen LogP contribution in [0.1, 0.15) is 12.0 Å². The van der Waals surface area contributed by atoms with Crippen molar-refractivity contribution in [1.82, 2.24) is 4.90 Å². The minimum absolute atomic E-state index is 0.821. The molecular weight excluding hydrogens is 246 g/mol. The van der Waals surface area contributed by atoms with Crippen LogP contribution in [-0.2, 0) is 6.54 Å². The second-order valence-electron chi connectivity index (χ2n) is 2.95. The van der Waals surface area contributed by atoms with Gasteiger partial charge in [-0.25, -0.2) is 0 Å². The van der Waals surface area contributed by atoms with Gasteiger partial charge in [-0.15, -0.1) is 23.7 Å². The first-order valence-electron chi connectivity index (χ1n) is 4.07. The molecule has 0 bridgehead atoms. The third kappa shape index (κ3) is 3.95. The molecule has 0 amide bonds. The van der Waals surface area contributed by atoms with Crippen LogP contribution in [0, 0.1) is 12.3 Å². The van der Waals surface area contributed by atoms with Gasteiger partial charge >= 0.3 is 0 Å². The van der Waals surface area contributed by atoms with Gasteiger partial charge < -0.3 is 4.90 Å². The zero-order valence-corrected chi connectivity index (χ0v) is 9.99. The summed E-state index contributed by atoms with van der Waals surface area (Å²) in [5.74, 6) is 2.64. The minimum Gasteiger partial charge on any atom is -0.301 e. The summed E-state index contributed by atoms with van der Waals surface area (Å²) in [7, 11) is 2.09. The Labute approximate surface area is 91.9 Å². The van der Waals surface area contributed by atoms with Gasteiger partial charge in [0.05, 0.1) is 3.79 Å². The Bertz CT molecular complexity index is 300. The van der Waals surface area contributed by atoms with E-state index in [1.807, 2.05) is 0 Å². The molecule has 1 aromatic rings. The van der Waals surface area contributed by atoms with Crippen LogP contribution in [0.3, 0.4) is 0 Å². The fourth-order valence-corrected chi connectivity index (χ4v) is 2.28. The normalized spacial score (nSPS) is 10.3. The molecule has 70 valence electrons. The fraction of sp³-hybridized carbons (Fsp3) is 0.400. The lowest BCUT2D eigenvalue weighted by molar-refractivity contribution is 0.336. The number of halogens is 1. The van der Waals surface area contributed by atoms with Crippen molar-refractivity contribution in [3.05, 3.63) is 20.8 Å². The summed E-state index contributed by atoms with van der Waals surface area (Å²) in [4.78, 5) is 2.23. The van der Waals surface area contributed by atoms with Gasteiger partial charge in [0.2, 0.25) is 0 Å². The second kappa shape index (κ2) is 5.43. The quantitative estimate of drug-likeness (QED) is 0.750. The van der Waals surface area contributed by atoms with Crippen molar-refractivity contribution in [2.24, 2.45) is 0 Å². The molecule has 1 rings (SSSR count). The summed E-state index contributed by atoms with van der Waals surface area (Å²) in [6.45, 7) is 1.94. The summed E-state index contributed by atoms with van der Waals surface area (Å²) in [6.07, 6.45) is 6.01. The largest absolute Gasteiger partial charge is 0.301 e. The molecule has 0 aliphatic rings. The molecule has 0 N–H and O–H groups in total. The molecule has 1 nitrogen and oxygen atoms in total. The molecule has 13 heavy (non-hydrogen) atoms. The van der Waals surface area contributed by atoms with E-state index < -0.39 is 0 Å². The van der Waals surface area contributed by atoms with Gasteiger partial charge in [0.25, 0.3) is 0 Å². The Hall–Kier alpha value is -0.300. The van der Waals surface area contributed by atoms with Gasteiger partial charge in [0.1, 0.15) is 0 Å². The van der Waals surface area contributed by atoms with Crippen LogP contribution < -0.4 is 0 Å². The lowest BCUT2D eigenvalue weighted by atomic mass is 10.3. The summed E-state index contributed by atoms with van der Waals surface area (Å²) in [6, 6.07) is 2.15. The van der Waals surface area contributed by atoms with E-state index in [1.54, 1.807) is 11.3 Å². The van der Waals surface area contributed by atoms with Gasteiger partial charge in [0, 0.05) is 19.5 Å². The molecule has 0 atom stereocenters. The predicted octanol–water partition coefficient (Wildman–Crippen LogP) is 2.97. The summed E-state index contributed by atoms with van der Waals surface area (Å²) in [5.41, 5.74) is 1.34. The zero-order chi connectivity index (χ0) is 9.68. The Morgan fingerprint density at radius 2 is 2.46 bits per heavy atom. The maximum atomic E-state index is 5.19. The number of thiophene rings is 1. The average molecular weight is 258 g/mol. The second-order valence-corrected chi connectivity index (χ2v) is 5.24. The van der Waals surface area contributed by atoms with Crippen LogP contribution in [-0.4, -0.2) is 18.5 Å². The van der Waals surface area contributed by atoms with E-state index in [1.165, 1.54) is 9.35 Å². The van der Waals surface area contributed by atoms with E-state index in [0.717, 1.165) is 19.5 Å². The van der Waals surface area contributed by atoms with Gasteiger partial charge in [0.15, 0.2) is 0 Å². The maximum absolute atomic E-state index is 5.19. The highest BCUT2D eigenvalue weighted by atomic mass is 79.9. The van der Waals surface area contributed by atoms with Crippen molar-refractivity contribution in [2.75, 3.05) is 13.6 Å². The first-order chi connectivity index (χ1) is 6.22. The summed E-state index contributed by atoms with van der Waals surface area (Å²) < 4.78 is 1.19. The number of terminal acetylenes is 1. The third-order valence-electron chi connectivity index (χ3n) is 1.71. The average Bonchev–Trinajstić information content (AvgIpc) is 2.48. The number of rotatable bonds is 4. The van der Waals surface area contributed by atoms with E-state index >= 15 is 0 Å². The van der Waals surface area contributed by atoms with E-state index in [9.17, 15) is 0 Å². The number of hydrogen-bond acceptors (Lipinski definition) is 2. The van der Waals surface area contributed by atoms with Gasteiger partial charge in [-0.3, -0.25) is 0 Å². The van der Waals surface area contributed by atoms with Gasteiger partial charge in [-0.1, -0.05) is 0 Å². The molecule has 0 aliphatic heterocycles. The first kappa shape index (κ1) is 10.8. The van der Waals surface area contributed by atoms with Crippen molar-refractivity contribution in [3.63, 3.8) is 0 Å². The van der Waals surface area contributed by atoms with Crippen molar-refractivity contribution < 1.29 is 0 Å². The topological polar surface area (TPSA) is 3.24 Å². The van der Waals surface area contributed by atoms with Crippen LogP contribution >= 0.6 is 27.3 Å². The zero-order valence-electron chi connectivity index (χ0n) is 7.59. The number of nitrogens with zero attached hydrogens (tertiary/aromatic N) is 1. The highest BCUT2D eigenvalue weighted by Crippen LogP contribution is 2.21. The standard InChI is InChI=1S/C10H12BrNS/c1-3-4-5-12(2)7-9-6-10(11)13-8-9/h1,6,8H,4-5,7H2,2H3. The Balaban J connectivity index is 2.37. The summed E-state index contributed by atoms with van der Waals surface area (Å²) >= 11 is 5.16. The SMILES string of the molecule is C#CCCN(C)Cc1csc(Br)c1. The molecule has 3 heteroatoms. The Kier molecular flexibility index (Phi) is 4.51. The highest BCUT2D eigenvalue weighted by Gasteiger charge is 2.01. The highest BCUT2D eigenvalue weighted by molar-refractivity contribution is 9.11. The van der Waals surface area contributed by atoms with Gasteiger partial charge in [-0.05, 0) is 40.0 Å². The van der Waals surface area contributed by atoms with Crippen LogP contribution in [0.25, 0.3) is 0 Å². The molecule has 0 spiro atoms. The Morgan fingerprint density at radius 1 is 1.69 bits per heavy atom. The van der Waals surface area contributed by atoms with Crippen LogP contribution in [0.5, 0.6) is 0 Å². The maximum Gasteiger partial charge on any atom is 0.0701 e. The fourth-order valence-electron chi connectivity index (χ4n) is 1.07. The molecule has 0 saturated heterocycles. The van der Waals surface area contributed by atoms with Crippen molar-refractivity contribution in [1.29, 1.82) is 0 Å². The van der Waals surface area contributed by atoms with Gasteiger partial charge in [-0.2, -0.15) is 0 Å². The van der Waals surface area contributed by atoms with Crippen molar-refractivity contribution >= 4 is 27.3 Å². The molecule has 0 radical (unpaired) electrons. The molecule has 0 unspecified atom stereocenters. The van der Waals surface area contributed by atoms with Crippen LogP contribution in [0.15, 0.2) is 15.2 Å². The Morgan fingerprint density at radius 3 is 3.00 bits per heavy atom. The van der Waals surface area contributed by atoms with E-state index in [0.29, 0.717) is 0 Å². The lowest BCUT2D eigenvalue weighted by Gasteiger charge is -2.13. The van der Waals surface area contributed by atoms with Crippen molar-refractivity contribution in [3.8, 4) is 12.3 Å². The molecule has 0 aliphatic carbocycles. The van der Waals surface area contributed by atoms with E-state index in [-0.39, 0.29) is 0 Å². The molecule has 0 saturated carbocycles. The molecule has 1 heterocycles. The molecular formula is C10H12BrNS. The lowest BCUT2D eigenvalue weighted by Crippen LogP contribution is -2.18. The minimum atomic E-state index is 0.821. The third-order valence-corrected chi connectivity index (χ3v) is 3.27. The summed E-state index contributed by atoms with van der Waals surface area (Å²) in [5, 5.41) is 2.16. The molecule has 1 aromatic heterocycles. The predicted molar refractivity (Wildman–Crippen MR) is 61.8 cm³/mol.